The number of benzene rings is 1. The van der Waals surface area contributed by atoms with Gasteiger partial charge in [-0.05, 0) is 41.1 Å². The maximum atomic E-state index is 13.1. The number of nitrogens with two attached hydrogens (primary N) is 1. The van der Waals surface area contributed by atoms with E-state index in [-0.39, 0.29) is 11.9 Å². The molecule has 1 aromatic carbocycles. The predicted octanol–water partition coefficient (Wildman–Crippen LogP) is 3.29. The van der Waals surface area contributed by atoms with Crippen LogP contribution in [0.25, 0.3) is 0 Å². The summed E-state index contributed by atoms with van der Waals surface area (Å²) < 4.78 is 16.0. The maximum absolute atomic E-state index is 13.1. The molecule has 6 heteroatoms. The Morgan fingerprint density at radius 2 is 2.25 bits per heavy atom. The monoisotopic (exact) mass is 357 g/mol. The molecule has 0 aliphatic rings. The van der Waals surface area contributed by atoms with Gasteiger partial charge < -0.3 is 5.73 Å². The van der Waals surface area contributed by atoms with E-state index in [4.69, 9.17) is 5.73 Å². The van der Waals surface area contributed by atoms with Crippen molar-refractivity contribution in [2.75, 3.05) is 5.75 Å². The SMILES string of the molecule is Cc1nn(C)c(CC(N)CSc2cccc(F)c2)c1Br. The Hall–Kier alpha value is -0.850. The molecule has 0 saturated carbocycles. The molecule has 1 aromatic heterocycles. The largest absolute Gasteiger partial charge is 0.327 e. The number of halogens is 2. The Morgan fingerprint density at radius 3 is 2.85 bits per heavy atom. The van der Waals surface area contributed by atoms with Crippen LogP contribution in [0.4, 0.5) is 4.39 Å². The molecule has 2 aromatic rings. The second kappa shape index (κ2) is 6.74. The molecular weight excluding hydrogens is 341 g/mol. The van der Waals surface area contributed by atoms with Gasteiger partial charge in [0.05, 0.1) is 15.9 Å². The third-order valence-corrected chi connectivity index (χ3v) is 5.19. The van der Waals surface area contributed by atoms with Crippen molar-refractivity contribution >= 4 is 27.7 Å². The van der Waals surface area contributed by atoms with Crippen molar-refractivity contribution in [3.05, 3.63) is 45.9 Å². The van der Waals surface area contributed by atoms with E-state index in [9.17, 15) is 4.39 Å². The minimum absolute atomic E-state index is 0.00522. The molecule has 0 spiro atoms. The summed E-state index contributed by atoms with van der Waals surface area (Å²) >= 11 is 5.11. The highest BCUT2D eigenvalue weighted by molar-refractivity contribution is 9.10. The topological polar surface area (TPSA) is 43.8 Å². The second-order valence-electron chi connectivity index (χ2n) is 4.70. The molecule has 108 valence electrons. The van der Waals surface area contributed by atoms with Crippen molar-refractivity contribution in [1.29, 1.82) is 0 Å². The fourth-order valence-corrected chi connectivity index (χ4v) is 3.36. The average molecular weight is 358 g/mol. The first kappa shape index (κ1) is 15.5. The zero-order valence-electron chi connectivity index (χ0n) is 11.4. The quantitative estimate of drug-likeness (QED) is 0.835. The third-order valence-electron chi connectivity index (χ3n) is 2.98. The zero-order valence-corrected chi connectivity index (χ0v) is 13.8. The molecule has 1 atom stereocenters. The zero-order chi connectivity index (χ0) is 14.7. The van der Waals surface area contributed by atoms with E-state index >= 15 is 0 Å². The maximum Gasteiger partial charge on any atom is 0.124 e. The van der Waals surface area contributed by atoms with Crippen molar-refractivity contribution in [2.24, 2.45) is 12.8 Å². The summed E-state index contributed by atoms with van der Waals surface area (Å²) in [5.41, 5.74) is 8.22. The van der Waals surface area contributed by atoms with Crippen LogP contribution in [0.5, 0.6) is 0 Å². The molecule has 0 aliphatic carbocycles. The highest BCUT2D eigenvalue weighted by atomic mass is 79.9. The molecule has 3 nitrogen and oxygen atoms in total. The first-order chi connectivity index (χ1) is 9.47. The lowest BCUT2D eigenvalue weighted by Gasteiger charge is -2.12. The Bertz CT molecular complexity index is 600. The van der Waals surface area contributed by atoms with Gasteiger partial charge in [-0.15, -0.1) is 11.8 Å². The highest BCUT2D eigenvalue weighted by Gasteiger charge is 2.14. The molecule has 0 aliphatic heterocycles. The van der Waals surface area contributed by atoms with Gasteiger partial charge in [-0.1, -0.05) is 6.07 Å². The lowest BCUT2D eigenvalue weighted by molar-refractivity contribution is 0.624. The Balaban J connectivity index is 1.94. The smallest absolute Gasteiger partial charge is 0.124 e. The van der Waals surface area contributed by atoms with Crippen LogP contribution in [-0.2, 0) is 13.5 Å². The summed E-state index contributed by atoms with van der Waals surface area (Å²) in [4.78, 5) is 0.903. The molecule has 0 radical (unpaired) electrons. The van der Waals surface area contributed by atoms with Crippen LogP contribution in [0, 0.1) is 12.7 Å². The van der Waals surface area contributed by atoms with E-state index in [0.717, 1.165) is 32.9 Å². The van der Waals surface area contributed by atoms with E-state index in [1.165, 1.54) is 12.1 Å². The van der Waals surface area contributed by atoms with Crippen LogP contribution in [0.3, 0.4) is 0 Å². The Labute approximate surface area is 130 Å². The van der Waals surface area contributed by atoms with Gasteiger partial charge in [-0.25, -0.2) is 4.39 Å². The number of rotatable bonds is 5. The van der Waals surface area contributed by atoms with Gasteiger partial charge >= 0.3 is 0 Å². The third kappa shape index (κ3) is 3.84. The lowest BCUT2D eigenvalue weighted by Crippen LogP contribution is -2.26. The number of hydrogen-bond donors (Lipinski definition) is 1. The van der Waals surface area contributed by atoms with Crippen molar-refractivity contribution in [3.8, 4) is 0 Å². The van der Waals surface area contributed by atoms with Crippen molar-refractivity contribution in [2.45, 2.75) is 24.3 Å². The first-order valence-electron chi connectivity index (χ1n) is 6.29. The Kier molecular flexibility index (Phi) is 5.23. The van der Waals surface area contributed by atoms with E-state index in [1.807, 2.05) is 24.7 Å². The van der Waals surface area contributed by atoms with Crippen LogP contribution in [0.15, 0.2) is 33.6 Å². The van der Waals surface area contributed by atoms with Gasteiger partial charge in [-0.2, -0.15) is 5.10 Å². The van der Waals surface area contributed by atoms with Gasteiger partial charge in [-0.3, -0.25) is 4.68 Å². The van der Waals surface area contributed by atoms with Gasteiger partial charge in [0.25, 0.3) is 0 Å². The molecule has 1 heterocycles. The van der Waals surface area contributed by atoms with E-state index in [0.29, 0.717) is 0 Å². The molecule has 0 saturated heterocycles. The van der Waals surface area contributed by atoms with E-state index in [1.54, 1.807) is 17.8 Å². The fourth-order valence-electron chi connectivity index (χ4n) is 1.97. The van der Waals surface area contributed by atoms with Crippen molar-refractivity contribution < 1.29 is 4.39 Å². The lowest BCUT2D eigenvalue weighted by atomic mass is 10.2. The predicted molar refractivity (Wildman–Crippen MR) is 84.4 cm³/mol. The average Bonchev–Trinajstić information content (AvgIpc) is 2.63. The van der Waals surface area contributed by atoms with E-state index < -0.39 is 0 Å². The number of nitrogens with zero attached hydrogens (tertiary/aromatic N) is 2. The molecule has 1 unspecified atom stereocenters. The molecule has 0 bridgehead atoms. The molecule has 0 amide bonds. The van der Waals surface area contributed by atoms with Gasteiger partial charge in [0.2, 0.25) is 0 Å². The summed E-state index contributed by atoms with van der Waals surface area (Å²) in [7, 11) is 1.92. The summed E-state index contributed by atoms with van der Waals surface area (Å²) in [6, 6.07) is 6.57. The number of thioether (sulfide) groups is 1. The normalized spacial score (nSPS) is 12.7. The first-order valence-corrected chi connectivity index (χ1v) is 8.07. The summed E-state index contributed by atoms with van der Waals surface area (Å²) in [5, 5.41) is 4.35. The number of aromatic nitrogens is 2. The van der Waals surface area contributed by atoms with E-state index in [2.05, 4.69) is 21.0 Å². The van der Waals surface area contributed by atoms with Crippen LogP contribution in [0.1, 0.15) is 11.4 Å². The fraction of sp³-hybridized carbons (Fsp3) is 0.357. The highest BCUT2D eigenvalue weighted by Crippen LogP contribution is 2.23. The van der Waals surface area contributed by atoms with Gasteiger partial charge in [0, 0.05) is 30.2 Å². The standard InChI is InChI=1S/C14H17BrFN3S/c1-9-14(15)13(19(2)18-9)7-11(17)8-20-12-5-3-4-10(16)6-12/h3-6,11H,7-8,17H2,1-2H3. The molecular formula is C14H17BrFN3S. The van der Waals surface area contributed by atoms with Crippen LogP contribution in [0.2, 0.25) is 0 Å². The second-order valence-corrected chi connectivity index (χ2v) is 6.59. The minimum atomic E-state index is -0.214. The van der Waals surface area contributed by atoms with Crippen LogP contribution < -0.4 is 5.73 Å². The van der Waals surface area contributed by atoms with Gasteiger partial charge in [0.15, 0.2) is 0 Å². The summed E-state index contributed by atoms with van der Waals surface area (Å²) in [6.07, 6.45) is 0.736. The molecule has 2 rings (SSSR count). The Morgan fingerprint density at radius 1 is 1.50 bits per heavy atom. The molecule has 2 N–H and O–H groups in total. The van der Waals surface area contributed by atoms with Crippen molar-refractivity contribution in [1.82, 2.24) is 9.78 Å². The molecule has 20 heavy (non-hydrogen) atoms. The summed E-state index contributed by atoms with van der Waals surface area (Å²) in [5.74, 6) is 0.522. The minimum Gasteiger partial charge on any atom is -0.327 e. The van der Waals surface area contributed by atoms with Crippen LogP contribution in [-0.4, -0.2) is 21.6 Å². The van der Waals surface area contributed by atoms with Crippen LogP contribution >= 0.6 is 27.7 Å². The summed E-state index contributed by atoms with van der Waals surface area (Å²) in [6.45, 7) is 1.96. The van der Waals surface area contributed by atoms with Gasteiger partial charge in [0.1, 0.15) is 5.82 Å². The molecule has 0 fully saturated rings. The number of aryl methyl sites for hydroxylation is 2. The van der Waals surface area contributed by atoms with Crippen molar-refractivity contribution in [3.63, 3.8) is 0 Å². The number of hydrogen-bond acceptors (Lipinski definition) is 3.